The maximum Gasteiger partial charge on any atom is 0.317 e. The Hall–Kier alpha value is -2.40. The van der Waals surface area contributed by atoms with E-state index in [9.17, 15) is 9.59 Å². The molecule has 0 aliphatic rings. The molecular formula is C13H14N2O3. The van der Waals surface area contributed by atoms with Gasteiger partial charge in [-0.3, -0.25) is 9.59 Å². The van der Waals surface area contributed by atoms with Crippen LogP contribution in [0.15, 0.2) is 53.5 Å². The van der Waals surface area contributed by atoms with Crippen LogP contribution in [0, 0.1) is 0 Å². The fourth-order valence-electron chi connectivity index (χ4n) is 1.03. The van der Waals surface area contributed by atoms with E-state index < -0.39 is 5.97 Å². The van der Waals surface area contributed by atoms with Gasteiger partial charge in [-0.05, 0) is 29.7 Å². The molecule has 5 nitrogen and oxygen atoms in total. The number of hydrogen-bond donors (Lipinski definition) is 3. The number of nitrogens with one attached hydrogen (secondary N) is 1. The third-order valence-electron chi connectivity index (χ3n) is 1.94. The molecule has 0 unspecified atom stereocenters. The molecule has 0 saturated heterocycles. The summed E-state index contributed by atoms with van der Waals surface area (Å²) in [6, 6.07) is 13.3. The van der Waals surface area contributed by atoms with E-state index >= 15 is 0 Å². The van der Waals surface area contributed by atoms with Crippen molar-refractivity contribution < 1.29 is 9.90 Å². The van der Waals surface area contributed by atoms with E-state index in [4.69, 9.17) is 5.11 Å². The minimum absolute atomic E-state index is 0.167. The molecule has 18 heavy (non-hydrogen) atoms. The Morgan fingerprint density at radius 3 is 2.17 bits per heavy atom. The second kappa shape index (κ2) is 7.03. The molecular weight excluding hydrogens is 232 g/mol. The summed E-state index contributed by atoms with van der Waals surface area (Å²) in [4.78, 5) is 21.8. The van der Waals surface area contributed by atoms with Gasteiger partial charge in [0.2, 0.25) is 0 Å². The summed E-state index contributed by atoms with van der Waals surface area (Å²) >= 11 is 0. The van der Waals surface area contributed by atoms with Crippen LogP contribution in [-0.2, 0) is 4.79 Å². The monoisotopic (exact) mass is 246 g/mol. The number of carboxylic acids is 1. The van der Waals surface area contributed by atoms with Crippen molar-refractivity contribution in [2.75, 3.05) is 6.54 Å². The summed E-state index contributed by atoms with van der Waals surface area (Å²) in [6.45, 7) is -0.278. The van der Waals surface area contributed by atoms with E-state index in [1.54, 1.807) is 0 Å². The van der Waals surface area contributed by atoms with Gasteiger partial charge in [-0.1, -0.05) is 18.2 Å². The van der Waals surface area contributed by atoms with Crippen molar-refractivity contribution >= 4 is 16.9 Å². The smallest absolute Gasteiger partial charge is 0.317 e. The molecule has 0 aliphatic carbocycles. The van der Waals surface area contributed by atoms with E-state index in [1.165, 1.54) is 23.0 Å². The molecule has 3 aromatic rings. The standard InChI is InChI=1S/C8H7N.C3H2O.C2H5NO2/c1-2-4-8-7(3-1)5-6-9-8;4-3-1-2-3;3-1-2(4)5/h1-6,9H;1-2H;1,3H2,(H,4,5). The van der Waals surface area contributed by atoms with Crippen LogP contribution in [0.5, 0.6) is 0 Å². The topological polar surface area (TPSA) is 96.2 Å². The zero-order valence-corrected chi connectivity index (χ0v) is 9.67. The normalized spacial score (nSPS) is 9.17. The average molecular weight is 246 g/mol. The van der Waals surface area contributed by atoms with Crippen LogP contribution >= 0.6 is 0 Å². The number of H-pyrrole nitrogens is 1. The SMILES string of the molecule is NCC(=O)O.O=c1cc1.c1ccc2[nH]ccc2c1. The van der Waals surface area contributed by atoms with E-state index in [-0.39, 0.29) is 12.0 Å². The van der Waals surface area contributed by atoms with Crippen molar-refractivity contribution in [1.82, 2.24) is 4.98 Å². The van der Waals surface area contributed by atoms with Crippen molar-refractivity contribution in [3.05, 3.63) is 58.9 Å². The summed E-state index contributed by atoms with van der Waals surface area (Å²) in [5.74, 6) is -0.968. The lowest BCUT2D eigenvalue weighted by Gasteiger charge is -1.83. The summed E-state index contributed by atoms with van der Waals surface area (Å²) < 4.78 is 0. The van der Waals surface area contributed by atoms with E-state index in [0.717, 1.165) is 0 Å². The number of nitrogens with two attached hydrogens (primary N) is 1. The lowest BCUT2D eigenvalue weighted by atomic mass is 10.3. The van der Waals surface area contributed by atoms with Crippen LogP contribution in [0.1, 0.15) is 0 Å². The maximum absolute atomic E-state index is 9.44. The number of hydrogen-bond acceptors (Lipinski definition) is 3. The molecule has 3 rings (SSSR count). The van der Waals surface area contributed by atoms with Crippen molar-refractivity contribution in [3.8, 4) is 0 Å². The Morgan fingerprint density at radius 1 is 1.17 bits per heavy atom. The average Bonchev–Trinajstić information content (AvgIpc) is 3.00. The first-order valence-corrected chi connectivity index (χ1v) is 5.29. The third-order valence-corrected chi connectivity index (χ3v) is 1.94. The summed E-state index contributed by atoms with van der Waals surface area (Å²) in [5.41, 5.74) is 5.94. The van der Waals surface area contributed by atoms with Crippen molar-refractivity contribution in [2.24, 2.45) is 5.73 Å². The predicted molar refractivity (Wildman–Crippen MR) is 70.1 cm³/mol. The van der Waals surface area contributed by atoms with Crippen molar-refractivity contribution in [2.45, 2.75) is 0 Å². The van der Waals surface area contributed by atoms with Gasteiger partial charge in [-0.15, -0.1) is 0 Å². The highest BCUT2D eigenvalue weighted by Gasteiger charge is 1.86. The number of benzene rings is 1. The highest BCUT2D eigenvalue weighted by Crippen LogP contribution is 2.09. The number of carbonyl (C=O) groups is 1. The number of fused-ring (bicyclic) bond motifs is 1. The molecule has 0 bridgehead atoms. The van der Waals surface area contributed by atoms with Crippen LogP contribution < -0.4 is 11.2 Å². The number of rotatable bonds is 1. The number of para-hydroxylation sites is 1. The highest BCUT2D eigenvalue weighted by atomic mass is 16.4. The van der Waals surface area contributed by atoms with Gasteiger partial charge in [0.25, 0.3) is 0 Å². The Labute approximate surface area is 104 Å². The fraction of sp³-hybridized carbons (Fsp3) is 0.0769. The van der Waals surface area contributed by atoms with Crippen LogP contribution in [0.4, 0.5) is 0 Å². The van der Waals surface area contributed by atoms with Gasteiger partial charge in [-0.25, -0.2) is 0 Å². The first-order valence-electron chi connectivity index (χ1n) is 5.29. The molecule has 5 heteroatoms. The second-order valence-electron chi connectivity index (χ2n) is 3.40. The lowest BCUT2D eigenvalue weighted by Crippen LogP contribution is -2.10. The van der Waals surface area contributed by atoms with Gasteiger partial charge >= 0.3 is 5.97 Å². The number of aromatic amines is 1. The first kappa shape index (κ1) is 13.7. The molecule has 0 saturated carbocycles. The van der Waals surface area contributed by atoms with Crippen LogP contribution in [0.25, 0.3) is 10.9 Å². The second-order valence-corrected chi connectivity index (χ2v) is 3.40. The van der Waals surface area contributed by atoms with Gasteiger partial charge in [0, 0.05) is 11.7 Å². The molecule has 0 radical (unpaired) electrons. The summed E-state index contributed by atoms with van der Waals surface area (Å²) in [7, 11) is 0. The zero-order valence-electron chi connectivity index (χ0n) is 9.67. The maximum atomic E-state index is 9.44. The predicted octanol–water partition coefficient (Wildman–Crippen LogP) is 1.12. The number of aromatic nitrogens is 1. The Bertz CT molecular complexity index is 564. The minimum Gasteiger partial charge on any atom is -0.480 e. The molecule has 0 aliphatic heterocycles. The van der Waals surface area contributed by atoms with Gasteiger partial charge in [-0.2, -0.15) is 0 Å². The lowest BCUT2D eigenvalue weighted by molar-refractivity contribution is -0.135. The Balaban J connectivity index is 0.000000153. The minimum atomic E-state index is -0.968. The molecule has 1 aromatic heterocycles. The number of aliphatic carboxylic acids is 1. The molecule has 0 atom stereocenters. The Kier molecular flexibility index (Phi) is 5.34. The van der Waals surface area contributed by atoms with Crippen molar-refractivity contribution in [3.63, 3.8) is 0 Å². The van der Waals surface area contributed by atoms with E-state index in [0.29, 0.717) is 0 Å². The van der Waals surface area contributed by atoms with E-state index in [2.05, 4.69) is 28.9 Å². The number of carboxylic acid groups (broad SMARTS) is 1. The molecule has 0 amide bonds. The largest absolute Gasteiger partial charge is 0.480 e. The first-order chi connectivity index (χ1) is 8.63. The van der Waals surface area contributed by atoms with Crippen LogP contribution in [0.3, 0.4) is 0 Å². The Morgan fingerprint density at radius 2 is 1.72 bits per heavy atom. The van der Waals surface area contributed by atoms with Crippen LogP contribution in [-0.4, -0.2) is 22.6 Å². The van der Waals surface area contributed by atoms with Gasteiger partial charge < -0.3 is 15.8 Å². The molecule has 94 valence electrons. The molecule has 0 spiro atoms. The summed E-state index contributed by atoms with van der Waals surface area (Å²) in [6.07, 6.45) is 1.95. The molecule has 4 N–H and O–H groups in total. The van der Waals surface area contributed by atoms with E-state index in [1.807, 2.05) is 18.3 Å². The van der Waals surface area contributed by atoms with Gasteiger partial charge in [0.1, 0.15) is 0 Å². The molecule has 1 heterocycles. The molecule has 2 aromatic carbocycles. The highest BCUT2D eigenvalue weighted by molar-refractivity contribution is 5.78. The van der Waals surface area contributed by atoms with Crippen LogP contribution in [0.2, 0.25) is 0 Å². The summed E-state index contributed by atoms with van der Waals surface area (Å²) in [5, 5.41) is 8.87. The molecule has 0 fully saturated rings. The van der Waals surface area contributed by atoms with Crippen molar-refractivity contribution in [1.29, 1.82) is 0 Å². The zero-order chi connectivity index (χ0) is 13.4. The van der Waals surface area contributed by atoms with Gasteiger partial charge in [0.15, 0.2) is 5.43 Å². The van der Waals surface area contributed by atoms with Gasteiger partial charge in [0.05, 0.1) is 6.54 Å². The quantitative estimate of drug-likeness (QED) is 0.599. The fourth-order valence-corrected chi connectivity index (χ4v) is 1.03. The third kappa shape index (κ3) is 5.62.